The van der Waals surface area contributed by atoms with Crippen LogP contribution in [0, 0.1) is 11.3 Å². The molecule has 0 bridgehead atoms. The first-order chi connectivity index (χ1) is 15.2. The van der Waals surface area contributed by atoms with Gasteiger partial charge in [0.1, 0.15) is 11.1 Å². The summed E-state index contributed by atoms with van der Waals surface area (Å²) in [5, 5.41) is 12.4. The first-order valence-corrected chi connectivity index (χ1v) is 10.6. The highest BCUT2D eigenvalue weighted by molar-refractivity contribution is 7.11. The summed E-state index contributed by atoms with van der Waals surface area (Å²) in [6.45, 7) is 0. The molecule has 0 atom stereocenters. The minimum Gasteiger partial charge on any atom is -0.493 e. The highest BCUT2D eigenvalue weighted by Crippen LogP contribution is 2.31. The lowest BCUT2D eigenvalue weighted by Gasteiger charge is -2.07. The van der Waals surface area contributed by atoms with Gasteiger partial charge in [-0.05, 0) is 34.9 Å². The van der Waals surface area contributed by atoms with Gasteiger partial charge in [0.05, 0.1) is 25.5 Å². The Balaban J connectivity index is 1.60. The van der Waals surface area contributed by atoms with E-state index in [9.17, 15) is 5.26 Å². The van der Waals surface area contributed by atoms with E-state index in [2.05, 4.69) is 42.5 Å². The molecule has 0 saturated carbocycles. The van der Waals surface area contributed by atoms with Gasteiger partial charge in [-0.1, -0.05) is 60.7 Å². The zero-order valence-corrected chi connectivity index (χ0v) is 18.0. The maximum Gasteiger partial charge on any atom is 0.161 e. The average Bonchev–Trinajstić information content (AvgIpc) is 3.33. The first kappa shape index (κ1) is 20.4. The van der Waals surface area contributed by atoms with Crippen LogP contribution in [0.15, 0.2) is 78.2 Å². The number of methoxy groups -OCH3 is 2. The van der Waals surface area contributed by atoms with Crippen molar-refractivity contribution in [1.29, 1.82) is 5.26 Å². The number of allylic oxidation sites excluding steroid dienone is 1. The summed E-state index contributed by atoms with van der Waals surface area (Å²) in [7, 11) is 3.18. The van der Waals surface area contributed by atoms with Gasteiger partial charge < -0.3 is 9.47 Å². The van der Waals surface area contributed by atoms with Crippen LogP contribution in [0.25, 0.3) is 34.0 Å². The second-order valence-corrected chi connectivity index (χ2v) is 7.62. The van der Waals surface area contributed by atoms with E-state index in [0.29, 0.717) is 22.1 Å². The highest BCUT2D eigenvalue weighted by atomic mass is 32.1. The van der Waals surface area contributed by atoms with E-state index in [1.165, 1.54) is 16.9 Å². The molecule has 4 rings (SSSR count). The van der Waals surface area contributed by atoms with E-state index >= 15 is 0 Å². The van der Waals surface area contributed by atoms with Gasteiger partial charge >= 0.3 is 0 Å². The largest absolute Gasteiger partial charge is 0.493 e. The van der Waals surface area contributed by atoms with Crippen molar-refractivity contribution in [2.24, 2.45) is 0 Å². The molecule has 0 aliphatic rings. The molecule has 31 heavy (non-hydrogen) atoms. The number of thiazole rings is 1. The number of nitrogens with zero attached hydrogens (tertiary/aromatic N) is 2. The highest BCUT2D eigenvalue weighted by Gasteiger charge is 2.11. The third-order valence-electron chi connectivity index (χ3n) is 4.86. The molecular weight excluding hydrogens is 404 g/mol. The second kappa shape index (κ2) is 9.29. The van der Waals surface area contributed by atoms with Crippen molar-refractivity contribution in [2.75, 3.05) is 14.2 Å². The third kappa shape index (κ3) is 4.50. The molecule has 0 N–H and O–H groups in total. The Hall–Kier alpha value is -3.88. The second-order valence-electron chi connectivity index (χ2n) is 6.77. The van der Waals surface area contributed by atoms with Crippen LogP contribution >= 0.6 is 11.3 Å². The van der Waals surface area contributed by atoms with Gasteiger partial charge in [-0.25, -0.2) is 4.98 Å². The molecule has 0 aliphatic heterocycles. The van der Waals surface area contributed by atoms with Gasteiger partial charge in [-0.2, -0.15) is 5.26 Å². The summed E-state index contributed by atoms with van der Waals surface area (Å²) in [5.41, 5.74) is 5.56. The van der Waals surface area contributed by atoms with Crippen molar-refractivity contribution < 1.29 is 9.47 Å². The fourth-order valence-electron chi connectivity index (χ4n) is 3.25. The molecular formula is C26H20N2O2S. The summed E-state index contributed by atoms with van der Waals surface area (Å²) in [4.78, 5) is 4.70. The fourth-order valence-corrected chi connectivity index (χ4v) is 4.04. The van der Waals surface area contributed by atoms with Crippen molar-refractivity contribution in [3.63, 3.8) is 0 Å². The topological polar surface area (TPSA) is 55.1 Å². The normalized spacial score (nSPS) is 11.1. The molecule has 0 unspecified atom stereocenters. The Kier molecular flexibility index (Phi) is 6.11. The van der Waals surface area contributed by atoms with E-state index in [-0.39, 0.29) is 0 Å². The average molecular weight is 425 g/mol. The van der Waals surface area contributed by atoms with E-state index < -0.39 is 0 Å². The van der Waals surface area contributed by atoms with Crippen molar-refractivity contribution >= 4 is 23.0 Å². The van der Waals surface area contributed by atoms with Crippen LogP contribution in [0.2, 0.25) is 0 Å². The van der Waals surface area contributed by atoms with Crippen molar-refractivity contribution in [3.05, 3.63) is 88.7 Å². The number of hydrogen-bond acceptors (Lipinski definition) is 5. The Morgan fingerprint density at radius 2 is 1.55 bits per heavy atom. The Morgan fingerprint density at radius 3 is 2.23 bits per heavy atom. The summed E-state index contributed by atoms with van der Waals surface area (Å²) >= 11 is 1.46. The lowest BCUT2D eigenvalue weighted by molar-refractivity contribution is 0.355. The quantitative estimate of drug-likeness (QED) is 0.329. The standard InChI is InChI=1S/C26H20N2O2S/c1-29-24-13-8-18(15-25(24)30-2)14-22(16-27)26-28-23(17-31-26)21-11-9-20(10-12-21)19-6-4-3-5-7-19/h3-15,17H,1-2H3/b22-14-. The number of aromatic nitrogens is 1. The first-order valence-electron chi connectivity index (χ1n) is 9.67. The van der Waals surface area contributed by atoms with Crippen molar-refractivity contribution in [1.82, 2.24) is 4.98 Å². The van der Waals surface area contributed by atoms with E-state index in [0.717, 1.165) is 22.4 Å². The lowest BCUT2D eigenvalue weighted by Crippen LogP contribution is -1.91. The molecule has 0 saturated heterocycles. The molecule has 152 valence electrons. The maximum absolute atomic E-state index is 9.70. The van der Waals surface area contributed by atoms with Crippen LogP contribution < -0.4 is 9.47 Å². The SMILES string of the molecule is COc1ccc(/C=C(/C#N)c2nc(-c3ccc(-c4ccccc4)cc3)cs2)cc1OC. The Bertz CT molecular complexity index is 1250. The summed E-state index contributed by atoms with van der Waals surface area (Å²) < 4.78 is 10.6. The summed E-state index contributed by atoms with van der Waals surface area (Å²) in [6, 6.07) is 26.4. The van der Waals surface area contributed by atoms with Crippen LogP contribution in [0.4, 0.5) is 0 Å². The smallest absolute Gasteiger partial charge is 0.161 e. The number of rotatable bonds is 6. The third-order valence-corrected chi connectivity index (χ3v) is 5.74. The van der Waals surface area contributed by atoms with Gasteiger partial charge in [0, 0.05) is 10.9 Å². The minimum atomic E-state index is 0.504. The molecule has 5 heteroatoms. The molecule has 4 nitrogen and oxygen atoms in total. The van der Waals surface area contributed by atoms with Crippen LogP contribution in [-0.4, -0.2) is 19.2 Å². The molecule has 0 amide bonds. The molecule has 0 spiro atoms. The molecule has 0 fully saturated rings. The molecule has 3 aromatic carbocycles. The van der Waals surface area contributed by atoms with Crippen molar-refractivity contribution in [2.45, 2.75) is 0 Å². The van der Waals surface area contributed by atoms with Gasteiger partial charge in [-0.15, -0.1) is 11.3 Å². The Labute approximate surface area is 185 Å². The van der Waals surface area contributed by atoms with E-state index in [1.54, 1.807) is 14.2 Å². The minimum absolute atomic E-state index is 0.504. The molecule has 1 aromatic heterocycles. The predicted octanol–water partition coefficient (Wildman–Crippen LogP) is 6.56. The van der Waals surface area contributed by atoms with E-state index in [1.807, 2.05) is 47.9 Å². The van der Waals surface area contributed by atoms with E-state index in [4.69, 9.17) is 14.5 Å². The predicted molar refractivity (Wildman–Crippen MR) is 126 cm³/mol. The number of nitriles is 1. The summed E-state index contributed by atoms with van der Waals surface area (Å²) in [6.07, 6.45) is 1.81. The van der Waals surface area contributed by atoms with Crippen molar-refractivity contribution in [3.8, 4) is 40.0 Å². The van der Waals surface area contributed by atoms with Crippen LogP contribution in [0.5, 0.6) is 11.5 Å². The maximum atomic E-state index is 9.70. The van der Waals surface area contributed by atoms with Crippen LogP contribution in [-0.2, 0) is 0 Å². The van der Waals surface area contributed by atoms with Gasteiger partial charge in [-0.3, -0.25) is 0 Å². The summed E-state index contributed by atoms with van der Waals surface area (Å²) in [5.74, 6) is 1.26. The zero-order chi connectivity index (χ0) is 21.6. The molecule has 4 aromatic rings. The van der Waals surface area contributed by atoms with Crippen LogP contribution in [0.1, 0.15) is 10.6 Å². The fraction of sp³-hybridized carbons (Fsp3) is 0.0769. The van der Waals surface area contributed by atoms with Gasteiger partial charge in [0.15, 0.2) is 11.5 Å². The Morgan fingerprint density at radius 1 is 0.871 bits per heavy atom. The number of hydrogen-bond donors (Lipinski definition) is 0. The van der Waals surface area contributed by atoms with Gasteiger partial charge in [0.25, 0.3) is 0 Å². The monoisotopic (exact) mass is 424 g/mol. The zero-order valence-electron chi connectivity index (χ0n) is 17.2. The number of benzene rings is 3. The molecule has 0 radical (unpaired) electrons. The molecule has 1 heterocycles. The molecule has 0 aliphatic carbocycles. The number of ether oxygens (including phenoxy) is 2. The lowest BCUT2D eigenvalue weighted by atomic mass is 10.0. The van der Waals surface area contributed by atoms with Crippen LogP contribution in [0.3, 0.4) is 0 Å². The van der Waals surface area contributed by atoms with Gasteiger partial charge in [0.2, 0.25) is 0 Å².